The summed E-state index contributed by atoms with van der Waals surface area (Å²) in [5, 5.41) is 20.6. The highest BCUT2D eigenvalue weighted by Crippen LogP contribution is 2.09. The minimum atomic E-state index is -3.90. The molecular formula is C11H10N3O5S-. The van der Waals surface area contributed by atoms with Gasteiger partial charge in [-0.2, -0.15) is 5.26 Å². The van der Waals surface area contributed by atoms with Crippen LogP contribution in [0.1, 0.15) is 5.56 Å². The third-order valence-corrected chi connectivity index (χ3v) is 3.56. The van der Waals surface area contributed by atoms with E-state index < -0.39 is 35.0 Å². The van der Waals surface area contributed by atoms with Crippen molar-refractivity contribution >= 4 is 21.9 Å². The smallest absolute Gasteiger partial charge is 0.241 e. The third kappa shape index (κ3) is 4.68. The van der Waals surface area contributed by atoms with Crippen LogP contribution in [0.25, 0.3) is 0 Å². The molecule has 0 aliphatic rings. The Hall–Kier alpha value is -2.44. The molecule has 0 fully saturated rings. The summed E-state index contributed by atoms with van der Waals surface area (Å²) in [4.78, 5) is 21.1. The van der Waals surface area contributed by atoms with Gasteiger partial charge in [-0.05, 0) is 24.3 Å². The van der Waals surface area contributed by atoms with Crippen molar-refractivity contribution in [2.45, 2.75) is 4.90 Å². The maximum Gasteiger partial charge on any atom is 0.241 e. The monoisotopic (exact) mass is 296 g/mol. The number of amides is 1. The molecule has 1 amide bonds. The first-order valence-electron chi connectivity index (χ1n) is 5.31. The van der Waals surface area contributed by atoms with E-state index >= 15 is 0 Å². The fourth-order valence-corrected chi connectivity index (χ4v) is 2.17. The normalized spacial score (nSPS) is 10.6. The second kappa shape index (κ2) is 6.65. The summed E-state index contributed by atoms with van der Waals surface area (Å²) < 4.78 is 25.5. The van der Waals surface area contributed by atoms with E-state index in [0.29, 0.717) is 5.56 Å². The highest BCUT2D eigenvalue weighted by atomic mass is 32.2. The molecule has 0 aliphatic carbocycles. The number of carbonyl (C=O) groups excluding carboxylic acids is 2. The minimum Gasteiger partial charge on any atom is -0.548 e. The van der Waals surface area contributed by atoms with Crippen molar-refractivity contribution in [1.29, 1.82) is 5.26 Å². The number of nitriles is 1. The average Bonchev–Trinajstić information content (AvgIpc) is 2.43. The molecule has 1 rings (SSSR count). The highest BCUT2D eigenvalue weighted by Gasteiger charge is 2.15. The number of nitrogens with zero attached hydrogens (tertiary/aromatic N) is 1. The molecule has 0 saturated carbocycles. The summed E-state index contributed by atoms with van der Waals surface area (Å²) in [6.45, 7) is -1.30. The van der Waals surface area contributed by atoms with Gasteiger partial charge in [0, 0.05) is 0 Å². The summed E-state index contributed by atoms with van der Waals surface area (Å²) in [6, 6.07) is 6.93. The molecule has 0 heterocycles. The van der Waals surface area contributed by atoms with Gasteiger partial charge in [-0.3, -0.25) is 4.79 Å². The summed E-state index contributed by atoms with van der Waals surface area (Å²) in [7, 11) is -3.90. The zero-order valence-corrected chi connectivity index (χ0v) is 10.9. The van der Waals surface area contributed by atoms with Gasteiger partial charge in [-0.25, -0.2) is 13.1 Å². The first-order chi connectivity index (χ1) is 9.35. The van der Waals surface area contributed by atoms with Crippen molar-refractivity contribution in [3.8, 4) is 6.07 Å². The number of sulfonamides is 1. The molecule has 0 radical (unpaired) electrons. The van der Waals surface area contributed by atoms with Crippen LogP contribution in [-0.2, 0) is 19.6 Å². The number of hydrogen-bond acceptors (Lipinski definition) is 6. The van der Waals surface area contributed by atoms with Gasteiger partial charge >= 0.3 is 0 Å². The second-order valence-electron chi connectivity index (χ2n) is 3.61. The summed E-state index contributed by atoms with van der Waals surface area (Å²) in [5.74, 6) is -2.28. The first-order valence-corrected chi connectivity index (χ1v) is 6.80. The number of hydrogen-bond donors (Lipinski definition) is 2. The lowest BCUT2D eigenvalue weighted by molar-refractivity contribution is -0.304. The van der Waals surface area contributed by atoms with Crippen LogP contribution in [0.4, 0.5) is 0 Å². The van der Waals surface area contributed by atoms with Crippen LogP contribution in [0.2, 0.25) is 0 Å². The molecule has 0 saturated heterocycles. The molecule has 20 heavy (non-hydrogen) atoms. The molecule has 8 nitrogen and oxygen atoms in total. The third-order valence-electron chi connectivity index (χ3n) is 2.15. The maximum absolute atomic E-state index is 11.8. The Kier molecular flexibility index (Phi) is 5.19. The van der Waals surface area contributed by atoms with Gasteiger partial charge in [-0.1, -0.05) is 0 Å². The minimum absolute atomic E-state index is 0.107. The largest absolute Gasteiger partial charge is 0.548 e. The number of aliphatic carboxylic acids is 1. The Balaban J connectivity index is 2.63. The standard InChI is InChI=1S/C11H11N3O5S/c12-5-8-1-3-9(4-2-8)20(18,19)14-6-10(15)13-7-11(16)17/h1-4,14H,6-7H2,(H,13,15)(H,16,17)/p-1. The van der Waals surface area contributed by atoms with Gasteiger partial charge in [0.15, 0.2) is 0 Å². The number of nitrogens with one attached hydrogen (secondary N) is 2. The fourth-order valence-electron chi connectivity index (χ4n) is 1.19. The van der Waals surface area contributed by atoms with Crippen LogP contribution in [-0.4, -0.2) is 33.4 Å². The van der Waals surface area contributed by atoms with E-state index in [9.17, 15) is 23.1 Å². The quantitative estimate of drug-likeness (QED) is 0.605. The van der Waals surface area contributed by atoms with E-state index in [2.05, 4.69) is 0 Å². The van der Waals surface area contributed by atoms with Gasteiger partial charge in [0.25, 0.3) is 0 Å². The molecule has 0 atom stereocenters. The molecule has 2 N–H and O–H groups in total. The van der Waals surface area contributed by atoms with Gasteiger partial charge in [-0.15, -0.1) is 0 Å². The SMILES string of the molecule is N#Cc1ccc(S(=O)(=O)NCC(=O)NCC(=O)[O-])cc1. The molecule has 9 heteroatoms. The van der Waals surface area contributed by atoms with Gasteiger partial charge in [0.2, 0.25) is 15.9 Å². The lowest BCUT2D eigenvalue weighted by Crippen LogP contribution is -2.42. The zero-order valence-electron chi connectivity index (χ0n) is 10.1. The van der Waals surface area contributed by atoms with Gasteiger partial charge < -0.3 is 15.2 Å². The summed E-state index contributed by atoms with van der Waals surface area (Å²) >= 11 is 0. The first kappa shape index (κ1) is 15.6. The molecule has 106 valence electrons. The Bertz CT molecular complexity index is 646. The van der Waals surface area contributed by atoms with Gasteiger partial charge in [0.05, 0.1) is 35.6 Å². The number of rotatable bonds is 6. The Morgan fingerprint density at radius 2 is 1.80 bits per heavy atom. The second-order valence-corrected chi connectivity index (χ2v) is 5.38. The van der Waals surface area contributed by atoms with Gasteiger partial charge in [0.1, 0.15) is 0 Å². The van der Waals surface area contributed by atoms with E-state index in [1.54, 1.807) is 0 Å². The predicted molar refractivity (Wildman–Crippen MR) is 64.4 cm³/mol. The van der Waals surface area contributed by atoms with Crippen LogP contribution < -0.4 is 15.1 Å². The molecule has 1 aromatic carbocycles. The van der Waals surface area contributed by atoms with Crippen LogP contribution in [0, 0.1) is 11.3 Å². The summed E-state index contributed by atoms with van der Waals surface area (Å²) in [5.41, 5.74) is 0.302. The number of benzene rings is 1. The molecule has 0 spiro atoms. The molecule has 0 unspecified atom stereocenters. The van der Waals surface area contributed by atoms with E-state index in [4.69, 9.17) is 5.26 Å². The van der Waals surface area contributed by atoms with Crippen molar-refractivity contribution in [3.05, 3.63) is 29.8 Å². The van der Waals surface area contributed by atoms with Crippen molar-refractivity contribution in [1.82, 2.24) is 10.0 Å². The topological polar surface area (TPSA) is 139 Å². The average molecular weight is 296 g/mol. The Morgan fingerprint density at radius 3 is 2.30 bits per heavy atom. The zero-order chi connectivity index (χ0) is 15.2. The van der Waals surface area contributed by atoms with E-state index in [1.165, 1.54) is 24.3 Å². The number of carbonyl (C=O) groups is 2. The van der Waals surface area contributed by atoms with Crippen LogP contribution in [0.15, 0.2) is 29.2 Å². The predicted octanol–water partition coefficient (Wildman–Crippen LogP) is -2.30. The van der Waals surface area contributed by atoms with Crippen LogP contribution >= 0.6 is 0 Å². The van der Waals surface area contributed by atoms with E-state index in [-0.39, 0.29) is 4.90 Å². The van der Waals surface area contributed by atoms with Crippen molar-refractivity contribution in [3.63, 3.8) is 0 Å². The number of carboxylic acid groups (broad SMARTS) is 1. The van der Waals surface area contributed by atoms with Crippen LogP contribution in [0.5, 0.6) is 0 Å². The Morgan fingerprint density at radius 1 is 1.20 bits per heavy atom. The fraction of sp³-hybridized carbons (Fsp3) is 0.182. The molecular weight excluding hydrogens is 286 g/mol. The van der Waals surface area contributed by atoms with Crippen LogP contribution in [0.3, 0.4) is 0 Å². The molecule has 1 aromatic rings. The Labute approximate surface area is 115 Å². The van der Waals surface area contributed by atoms with Crippen molar-refractivity contribution in [2.75, 3.05) is 13.1 Å². The van der Waals surface area contributed by atoms with E-state index in [0.717, 1.165) is 0 Å². The van der Waals surface area contributed by atoms with Crippen molar-refractivity contribution in [2.24, 2.45) is 0 Å². The molecule has 0 aliphatic heterocycles. The lowest BCUT2D eigenvalue weighted by atomic mass is 10.2. The maximum atomic E-state index is 11.8. The van der Waals surface area contributed by atoms with E-state index in [1.807, 2.05) is 16.1 Å². The lowest BCUT2D eigenvalue weighted by Gasteiger charge is -2.08. The molecule has 0 aromatic heterocycles. The van der Waals surface area contributed by atoms with Crippen molar-refractivity contribution < 1.29 is 23.1 Å². The summed E-state index contributed by atoms with van der Waals surface area (Å²) in [6.07, 6.45) is 0. The highest BCUT2D eigenvalue weighted by molar-refractivity contribution is 7.89. The number of carboxylic acids is 1. The molecule has 0 bridgehead atoms.